The van der Waals surface area contributed by atoms with Gasteiger partial charge < -0.3 is 10.1 Å². The van der Waals surface area contributed by atoms with E-state index in [4.69, 9.17) is 5.11 Å². The van der Waals surface area contributed by atoms with Crippen LogP contribution in [-0.4, -0.2) is 21.0 Å². The van der Waals surface area contributed by atoms with E-state index in [0.717, 1.165) is 21.3 Å². The minimum atomic E-state index is -0.995. The summed E-state index contributed by atoms with van der Waals surface area (Å²) in [7, 11) is 0. The molecular weight excluding hydrogens is 561 g/mol. The van der Waals surface area contributed by atoms with E-state index in [1.165, 1.54) is 10.1 Å². The van der Waals surface area contributed by atoms with Gasteiger partial charge in [0.2, 0.25) is 0 Å². The predicted molar refractivity (Wildman–Crippen MR) is 113 cm³/mol. The topological polar surface area (TPSA) is 63.1 Å². The molecule has 145 valence electrons. The van der Waals surface area contributed by atoms with Gasteiger partial charge in [0.1, 0.15) is 5.69 Å². The Morgan fingerprint density at radius 2 is 1.62 bits per heavy atom. The summed E-state index contributed by atoms with van der Waals surface area (Å²) in [5.74, 6) is -0.995. The Bertz CT molecular complexity index is 1220. The average Bonchev–Trinajstić information content (AvgIpc) is 3.19. The summed E-state index contributed by atoms with van der Waals surface area (Å²) in [5.41, 5.74) is 1.08. The van der Waals surface area contributed by atoms with Crippen molar-refractivity contribution in [2.24, 2.45) is 0 Å². The van der Waals surface area contributed by atoms with E-state index in [2.05, 4.69) is 34.2 Å². The number of fused-ring (bicyclic) bond motifs is 2. The van der Waals surface area contributed by atoms with Crippen LogP contribution < -0.4 is 0 Å². The number of aromatic nitrogens is 2. The molecule has 1 radical (unpaired) electrons. The minimum Gasteiger partial charge on any atom is -0.477 e. The van der Waals surface area contributed by atoms with Gasteiger partial charge in [0.05, 0.1) is 0 Å². The number of nitrogens with zero attached hydrogens (tertiary/aromatic N) is 2. The van der Waals surface area contributed by atoms with Crippen LogP contribution in [0.4, 0.5) is 0 Å². The maximum Gasteiger partial charge on any atom is 0.354 e. The third-order valence-electron chi connectivity index (χ3n) is 4.09. The van der Waals surface area contributed by atoms with Crippen LogP contribution in [0.25, 0.3) is 31.4 Å². The molecule has 4 nitrogen and oxygen atoms in total. The second-order valence-electron chi connectivity index (χ2n) is 5.99. The smallest absolute Gasteiger partial charge is 0.354 e. The van der Waals surface area contributed by atoms with Crippen molar-refractivity contribution in [1.82, 2.24) is 9.97 Å². The van der Waals surface area contributed by atoms with Crippen LogP contribution in [0.1, 0.15) is 10.5 Å². The number of aromatic carboxylic acids is 1. The van der Waals surface area contributed by atoms with E-state index in [1.807, 2.05) is 54.7 Å². The van der Waals surface area contributed by atoms with Gasteiger partial charge in [0, 0.05) is 43.6 Å². The first-order valence-electron chi connectivity index (χ1n) is 8.61. The molecule has 0 unspecified atom stereocenters. The number of thiophene rings is 1. The molecule has 29 heavy (non-hydrogen) atoms. The molecule has 6 heteroatoms. The van der Waals surface area contributed by atoms with Gasteiger partial charge in [-0.3, -0.25) is 0 Å². The number of carbonyl (C=O) groups is 1. The molecule has 0 aliphatic heterocycles. The summed E-state index contributed by atoms with van der Waals surface area (Å²) in [5, 5.41) is 11.7. The number of rotatable bonds is 2. The predicted octanol–water partition coefficient (Wildman–Crippen LogP) is 5.69. The van der Waals surface area contributed by atoms with Crippen LogP contribution in [0.5, 0.6) is 0 Å². The number of carboxylic acid groups (broad SMARTS) is 1. The Morgan fingerprint density at radius 1 is 0.897 bits per heavy atom. The van der Waals surface area contributed by atoms with Gasteiger partial charge in [0.25, 0.3) is 0 Å². The van der Waals surface area contributed by atoms with Crippen LogP contribution in [0.3, 0.4) is 0 Å². The maximum absolute atomic E-state index is 10.6. The van der Waals surface area contributed by atoms with Gasteiger partial charge in [-0.25, -0.2) is 21.1 Å². The Balaban J connectivity index is 0.000000162. The van der Waals surface area contributed by atoms with Crippen molar-refractivity contribution in [3.05, 3.63) is 97.0 Å². The molecule has 3 heterocycles. The number of benzene rings is 2. The van der Waals surface area contributed by atoms with Crippen molar-refractivity contribution in [3.63, 3.8) is 0 Å². The second-order valence-corrected chi connectivity index (χ2v) is 7.04. The molecule has 0 atom stereocenters. The van der Waals surface area contributed by atoms with Gasteiger partial charge >= 0.3 is 5.97 Å². The first-order chi connectivity index (χ1) is 13.7. The third kappa shape index (κ3) is 4.93. The Morgan fingerprint density at radius 3 is 2.34 bits per heavy atom. The Hall–Kier alpha value is -2.92. The van der Waals surface area contributed by atoms with Crippen molar-refractivity contribution < 1.29 is 30.0 Å². The molecule has 0 saturated carbocycles. The molecule has 0 bridgehead atoms. The fraction of sp³-hybridized carbons (Fsp3) is 0. The van der Waals surface area contributed by atoms with Crippen LogP contribution in [0, 0.1) is 6.07 Å². The standard InChI is InChI=1S/C13H8NS.C10H7NO2.Ir/c1-2-7-12-10(5-1)9-13(15-12)11-6-3-4-8-14-11;12-10(13)9-5-7-3-1-2-4-8(7)6-11-9;/h1-8H;1-6H,(H,12,13);/q-1;;. The largest absolute Gasteiger partial charge is 0.477 e. The molecule has 0 aliphatic rings. The molecule has 1 N–H and O–H groups in total. The van der Waals surface area contributed by atoms with Crippen molar-refractivity contribution >= 4 is 38.2 Å². The first-order valence-corrected chi connectivity index (χ1v) is 9.43. The molecule has 0 amide bonds. The van der Waals surface area contributed by atoms with Crippen LogP contribution >= 0.6 is 11.3 Å². The Kier molecular flexibility index (Phi) is 6.83. The van der Waals surface area contributed by atoms with Gasteiger partial charge in [-0.2, -0.15) is 0 Å². The summed E-state index contributed by atoms with van der Waals surface area (Å²) in [6, 6.07) is 26.7. The molecule has 5 rings (SSSR count). The summed E-state index contributed by atoms with van der Waals surface area (Å²) >= 11 is 1.73. The van der Waals surface area contributed by atoms with Crippen molar-refractivity contribution in [2.75, 3.05) is 0 Å². The SMILES string of the molecule is O=C(O)c1cc2ccccc2cn1.[Ir].[c-]1c(-c2ccccn2)sc2ccccc12. The average molecular weight is 576 g/mol. The molecular formula is C23H15IrN2O2S-. The maximum atomic E-state index is 10.6. The van der Waals surface area contributed by atoms with Crippen LogP contribution in [0.15, 0.2) is 85.2 Å². The van der Waals surface area contributed by atoms with Crippen molar-refractivity contribution in [2.45, 2.75) is 0 Å². The first kappa shape index (κ1) is 20.8. The fourth-order valence-corrected chi connectivity index (χ4v) is 3.71. The van der Waals surface area contributed by atoms with Gasteiger partial charge in [-0.1, -0.05) is 48.5 Å². The molecule has 0 aliphatic carbocycles. The quantitative estimate of drug-likeness (QED) is 0.275. The van der Waals surface area contributed by atoms with E-state index in [9.17, 15) is 4.79 Å². The molecule has 0 spiro atoms. The number of pyridine rings is 2. The van der Waals surface area contributed by atoms with Crippen molar-refractivity contribution in [3.8, 4) is 10.6 Å². The van der Waals surface area contributed by atoms with Gasteiger partial charge in [-0.05, 0) is 27.1 Å². The fourth-order valence-electron chi connectivity index (χ4n) is 2.73. The van der Waals surface area contributed by atoms with Crippen LogP contribution in [-0.2, 0) is 20.1 Å². The summed E-state index contributed by atoms with van der Waals surface area (Å²) in [4.78, 5) is 19.8. The normalized spacial score (nSPS) is 10.1. The molecule has 2 aromatic carbocycles. The number of hydrogen-bond acceptors (Lipinski definition) is 4. The monoisotopic (exact) mass is 576 g/mol. The second kappa shape index (κ2) is 9.52. The van der Waals surface area contributed by atoms with Gasteiger partial charge in [0.15, 0.2) is 0 Å². The zero-order valence-electron chi connectivity index (χ0n) is 15.1. The van der Waals surface area contributed by atoms with Crippen molar-refractivity contribution in [1.29, 1.82) is 0 Å². The zero-order valence-corrected chi connectivity index (χ0v) is 18.3. The summed E-state index contributed by atoms with van der Waals surface area (Å²) < 4.78 is 1.26. The summed E-state index contributed by atoms with van der Waals surface area (Å²) in [6.45, 7) is 0. The van der Waals surface area contributed by atoms with E-state index in [-0.39, 0.29) is 25.8 Å². The summed E-state index contributed by atoms with van der Waals surface area (Å²) in [6.07, 6.45) is 3.38. The van der Waals surface area contributed by atoms with E-state index in [0.29, 0.717) is 0 Å². The molecule has 3 aromatic heterocycles. The minimum absolute atomic E-state index is 0. The van der Waals surface area contributed by atoms with E-state index < -0.39 is 5.97 Å². The number of hydrogen-bond donors (Lipinski definition) is 1. The van der Waals surface area contributed by atoms with E-state index in [1.54, 1.807) is 23.6 Å². The number of carboxylic acids is 1. The molecule has 0 fully saturated rings. The van der Waals surface area contributed by atoms with Crippen LogP contribution in [0.2, 0.25) is 0 Å². The Labute approximate surface area is 185 Å². The van der Waals surface area contributed by atoms with E-state index >= 15 is 0 Å². The third-order valence-corrected chi connectivity index (χ3v) is 5.19. The molecule has 0 saturated heterocycles. The molecule has 5 aromatic rings. The van der Waals surface area contributed by atoms with Gasteiger partial charge in [-0.15, -0.1) is 23.6 Å². The zero-order chi connectivity index (χ0) is 19.3.